The second-order valence-corrected chi connectivity index (χ2v) is 5.26. The summed E-state index contributed by atoms with van der Waals surface area (Å²) >= 11 is 0. The minimum atomic E-state index is -1.30. The van der Waals surface area contributed by atoms with Crippen molar-refractivity contribution >= 4 is 12.1 Å². The molecule has 0 bridgehead atoms. The average Bonchev–Trinajstić information content (AvgIpc) is 2.45. The number of carbonyl (C=O) groups excluding carboxylic acids is 1. The number of carbonyl (C=O) groups is 2. The Labute approximate surface area is 101 Å². The molecule has 1 amide bonds. The summed E-state index contributed by atoms with van der Waals surface area (Å²) in [6.45, 7) is 6.91. The maximum Gasteiger partial charge on any atom is 0.408 e. The highest BCUT2D eigenvalue weighted by Crippen LogP contribution is 2.30. The molecule has 1 aliphatic carbocycles. The fourth-order valence-electron chi connectivity index (χ4n) is 1.84. The molecule has 17 heavy (non-hydrogen) atoms. The van der Waals surface area contributed by atoms with E-state index < -0.39 is 23.2 Å². The van der Waals surface area contributed by atoms with Gasteiger partial charge in [0.2, 0.25) is 0 Å². The molecule has 5 nitrogen and oxygen atoms in total. The van der Waals surface area contributed by atoms with Crippen molar-refractivity contribution in [3.05, 3.63) is 11.6 Å². The molecule has 0 heterocycles. The number of amides is 1. The first-order chi connectivity index (χ1) is 7.67. The molecule has 1 rings (SSSR count). The van der Waals surface area contributed by atoms with Gasteiger partial charge < -0.3 is 15.2 Å². The van der Waals surface area contributed by atoms with Crippen molar-refractivity contribution in [1.82, 2.24) is 5.32 Å². The lowest BCUT2D eigenvalue weighted by Crippen LogP contribution is -2.55. The fourth-order valence-corrected chi connectivity index (χ4v) is 1.84. The Bertz CT molecular complexity index is 367. The number of hydrogen-bond acceptors (Lipinski definition) is 3. The van der Waals surface area contributed by atoms with Gasteiger partial charge in [-0.15, -0.1) is 0 Å². The fraction of sp³-hybridized carbons (Fsp3) is 0.667. The minimum Gasteiger partial charge on any atom is -0.479 e. The van der Waals surface area contributed by atoms with Crippen molar-refractivity contribution in [2.24, 2.45) is 0 Å². The van der Waals surface area contributed by atoms with Gasteiger partial charge in [0.15, 0.2) is 5.54 Å². The molecule has 0 unspecified atom stereocenters. The molecular formula is C12H19NO4. The van der Waals surface area contributed by atoms with Crippen molar-refractivity contribution in [2.45, 2.75) is 51.7 Å². The largest absolute Gasteiger partial charge is 0.479 e. The van der Waals surface area contributed by atoms with Crippen LogP contribution in [0.1, 0.15) is 40.5 Å². The van der Waals surface area contributed by atoms with Crippen LogP contribution in [0.4, 0.5) is 4.79 Å². The summed E-state index contributed by atoms with van der Waals surface area (Å²) in [5.74, 6) is -1.05. The molecule has 0 aromatic rings. The van der Waals surface area contributed by atoms with Crippen molar-refractivity contribution in [2.75, 3.05) is 0 Å². The highest BCUT2D eigenvalue weighted by molar-refractivity contribution is 5.88. The first kappa shape index (κ1) is 13.5. The van der Waals surface area contributed by atoms with Gasteiger partial charge in [-0.05, 0) is 46.1 Å². The Kier molecular flexibility index (Phi) is 3.50. The van der Waals surface area contributed by atoms with Gasteiger partial charge in [0, 0.05) is 0 Å². The van der Waals surface area contributed by atoms with Crippen LogP contribution < -0.4 is 5.32 Å². The lowest BCUT2D eigenvalue weighted by molar-refractivity contribution is -0.143. The van der Waals surface area contributed by atoms with Crippen molar-refractivity contribution in [3.8, 4) is 0 Å². The zero-order valence-corrected chi connectivity index (χ0v) is 10.7. The molecular weight excluding hydrogens is 222 g/mol. The molecule has 0 spiro atoms. The summed E-state index contributed by atoms with van der Waals surface area (Å²) < 4.78 is 5.08. The van der Waals surface area contributed by atoms with E-state index >= 15 is 0 Å². The van der Waals surface area contributed by atoms with Gasteiger partial charge in [0.25, 0.3) is 0 Å². The van der Waals surface area contributed by atoms with E-state index in [0.717, 1.165) is 0 Å². The van der Waals surface area contributed by atoms with E-state index in [-0.39, 0.29) is 0 Å². The minimum absolute atomic E-state index is 0.368. The lowest BCUT2D eigenvalue weighted by atomic mass is 9.92. The maximum atomic E-state index is 11.6. The van der Waals surface area contributed by atoms with Crippen LogP contribution in [-0.4, -0.2) is 28.3 Å². The molecule has 2 N–H and O–H groups in total. The second-order valence-electron chi connectivity index (χ2n) is 5.26. The summed E-state index contributed by atoms with van der Waals surface area (Å²) in [6.07, 6.45) is 2.14. The average molecular weight is 241 g/mol. The van der Waals surface area contributed by atoms with Crippen LogP contribution in [0, 0.1) is 0 Å². The van der Waals surface area contributed by atoms with E-state index in [1.165, 1.54) is 0 Å². The highest BCUT2D eigenvalue weighted by Gasteiger charge is 2.44. The van der Waals surface area contributed by atoms with Crippen molar-refractivity contribution in [3.63, 3.8) is 0 Å². The molecule has 96 valence electrons. The van der Waals surface area contributed by atoms with Crippen LogP contribution in [0.3, 0.4) is 0 Å². The Balaban J connectivity index is 2.80. The molecule has 0 saturated carbocycles. The van der Waals surface area contributed by atoms with Crippen LogP contribution in [-0.2, 0) is 9.53 Å². The molecule has 0 aromatic carbocycles. The van der Waals surface area contributed by atoms with Gasteiger partial charge in [-0.1, -0.05) is 6.08 Å². The number of hydrogen-bond donors (Lipinski definition) is 2. The monoisotopic (exact) mass is 241 g/mol. The number of nitrogens with one attached hydrogen (secondary N) is 1. The van der Waals surface area contributed by atoms with Crippen LogP contribution in [0.2, 0.25) is 0 Å². The molecule has 1 aliphatic rings. The summed E-state index contributed by atoms with van der Waals surface area (Å²) in [5, 5.41) is 11.7. The van der Waals surface area contributed by atoms with Crippen LogP contribution >= 0.6 is 0 Å². The Hall–Kier alpha value is -1.52. The summed E-state index contributed by atoms with van der Waals surface area (Å²) in [6, 6.07) is 0. The number of allylic oxidation sites excluding steroid dienone is 1. The van der Waals surface area contributed by atoms with Gasteiger partial charge in [-0.2, -0.15) is 0 Å². The predicted octanol–water partition coefficient (Wildman–Crippen LogP) is 2.07. The van der Waals surface area contributed by atoms with Gasteiger partial charge in [0.05, 0.1) is 0 Å². The Morgan fingerprint density at radius 2 is 2.06 bits per heavy atom. The van der Waals surface area contributed by atoms with Gasteiger partial charge in [0.1, 0.15) is 5.60 Å². The zero-order chi connectivity index (χ0) is 13.3. The smallest absolute Gasteiger partial charge is 0.408 e. The summed E-state index contributed by atoms with van der Waals surface area (Å²) in [5.41, 5.74) is -1.29. The van der Waals surface area contributed by atoms with Crippen LogP contribution in [0.5, 0.6) is 0 Å². The normalized spacial score (nSPS) is 24.1. The lowest BCUT2D eigenvalue weighted by Gasteiger charge is -2.29. The summed E-state index contributed by atoms with van der Waals surface area (Å²) in [7, 11) is 0. The quantitative estimate of drug-likeness (QED) is 0.726. The zero-order valence-electron chi connectivity index (χ0n) is 10.7. The van der Waals surface area contributed by atoms with Crippen LogP contribution in [0.15, 0.2) is 11.6 Å². The molecule has 0 aromatic heterocycles. The van der Waals surface area contributed by atoms with Gasteiger partial charge in [-0.25, -0.2) is 9.59 Å². The number of carboxylic acids is 1. The molecule has 0 fully saturated rings. The van der Waals surface area contributed by atoms with E-state index in [0.29, 0.717) is 18.4 Å². The van der Waals surface area contributed by atoms with Crippen molar-refractivity contribution in [1.29, 1.82) is 0 Å². The number of alkyl carbamates (subject to hydrolysis) is 1. The Morgan fingerprint density at radius 3 is 2.41 bits per heavy atom. The number of rotatable bonds is 2. The standard InChI is InChI=1S/C12H19NO4/c1-8-6-5-7-12(8,9(14)15)13-10(16)17-11(2,3)4/h6H,5,7H2,1-4H3,(H,13,16)(H,14,15)/t12-/m0/s1. The third-order valence-electron chi connectivity index (χ3n) is 2.72. The first-order valence-corrected chi connectivity index (χ1v) is 5.59. The number of carboxylic acid groups (broad SMARTS) is 1. The second kappa shape index (κ2) is 4.39. The summed E-state index contributed by atoms with van der Waals surface area (Å²) in [4.78, 5) is 23.0. The molecule has 0 aliphatic heterocycles. The van der Waals surface area contributed by atoms with E-state index in [1.807, 2.05) is 6.08 Å². The van der Waals surface area contributed by atoms with Gasteiger partial charge in [-0.3, -0.25) is 0 Å². The van der Waals surface area contributed by atoms with E-state index in [4.69, 9.17) is 4.74 Å². The first-order valence-electron chi connectivity index (χ1n) is 5.59. The van der Waals surface area contributed by atoms with Crippen molar-refractivity contribution < 1.29 is 19.4 Å². The van der Waals surface area contributed by atoms with Crippen LogP contribution in [0.25, 0.3) is 0 Å². The molecule has 0 radical (unpaired) electrons. The topological polar surface area (TPSA) is 75.6 Å². The number of aliphatic carboxylic acids is 1. The van der Waals surface area contributed by atoms with E-state index in [1.54, 1.807) is 27.7 Å². The number of ether oxygens (including phenoxy) is 1. The van der Waals surface area contributed by atoms with E-state index in [2.05, 4.69) is 5.32 Å². The van der Waals surface area contributed by atoms with E-state index in [9.17, 15) is 14.7 Å². The third-order valence-corrected chi connectivity index (χ3v) is 2.72. The maximum absolute atomic E-state index is 11.6. The molecule has 5 heteroatoms. The highest BCUT2D eigenvalue weighted by atomic mass is 16.6. The Morgan fingerprint density at radius 1 is 1.47 bits per heavy atom. The SMILES string of the molecule is CC1=CCC[C@@]1(NC(=O)OC(C)(C)C)C(=O)O. The third kappa shape index (κ3) is 2.99. The molecule has 0 saturated heterocycles. The predicted molar refractivity (Wildman–Crippen MR) is 62.7 cm³/mol. The molecule has 1 atom stereocenters. The van der Waals surface area contributed by atoms with Gasteiger partial charge >= 0.3 is 12.1 Å².